The molecule has 0 fully saturated rings. The Morgan fingerprint density at radius 2 is 2.29 bits per heavy atom. The lowest BCUT2D eigenvalue weighted by molar-refractivity contribution is 0.311. The zero-order valence-corrected chi connectivity index (χ0v) is 8.29. The number of anilines is 2. The van der Waals surface area contributed by atoms with Crippen LogP contribution in [0.15, 0.2) is 18.2 Å². The fraction of sp³-hybridized carbons (Fsp3) is 0.400. The molecule has 4 N–H and O–H groups in total. The summed E-state index contributed by atoms with van der Waals surface area (Å²) in [4.78, 5) is 0. The molecule has 1 aromatic carbocycles. The maximum Gasteiger partial charge on any atom is 0.144 e. The highest BCUT2D eigenvalue weighted by Crippen LogP contribution is 2.25. The summed E-state index contributed by atoms with van der Waals surface area (Å²) in [5.41, 5.74) is 7.23. The number of ether oxygens (including phenoxy) is 1. The number of hydrogen-bond donors (Lipinski definition) is 3. The molecule has 0 atom stereocenters. The van der Waals surface area contributed by atoms with Crippen molar-refractivity contribution in [1.29, 1.82) is 0 Å². The molecule has 0 bridgehead atoms. The molecule has 0 spiro atoms. The van der Waals surface area contributed by atoms with E-state index >= 15 is 0 Å². The lowest BCUT2D eigenvalue weighted by atomic mass is 10.2. The van der Waals surface area contributed by atoms with Gasteiger partial charge in [-0.25, -0.2) is 0 Å². The maximum absolute atomic E-state index is 8.64. The quantitative estimate of drug-likeness (QED) is 0.616. The molecule has 0 aliphatic rings. The molecule has 0 unspecified atom stereocenters. The summed E-state index contributed by atoms with van der Waals surface area (Å²) in [7, 11) is 0. The number of hydrogen-bond acceptors (Lipinski definition) is 4. The molecule has 0 aliphatic carbocycles. The molecule has 0 saturated heterocycles. The Hall–Kier alpha value is -1.42. The minimum absolute atomic E-state index is 0.106. The highest BCUT2D eigenvalue weighted by Gasteiger charge is 2.00. The van der Waals surface area contributed by atoms with Crippen LogP contribution in [0.5, 0.6) is 5.75 Å². The third-order valence-corrected chi connectivity index (χ3v) is 1.75. The molecule has 1 aromatic rings. The first-order chi connectivity index (χ1) is 6.77. The molecule has 0 saturated carbocycles. The summed E-state index contributed by atoms with van der Waals surface area (Å²) in [6.07, 6.45) is 0. The van der Waals surface area contributed by atoms with Gasteiger partial charge in [-0.1, -0.05) is 0 Å². The average Bonchev–Trinajstić information content (AvgIpc) is 2.19. The summed E-state index contributed by atoms with van der Waals surface area (Å²) in [6.45, 7) is 3.13. The Labute approximate surface area is 83.7 Å². The predicted octanol–water partition coefficient (Wildman–Crippen LogP) is 1.07. The largest absolute Gasteiger partial charge is 0.492 e. The van der Waals surface area contributed by atoms with Crippen LogP contribution >= 0.6 is 0 Å². The molecule has 78 valence electrons. The van der Waals surface area contributed by atoms with Crippen molar-refractivity contribution in [1.82, 2.24) is 0 Å². The minimum atomic E-state index is 0.106. The lowest BCUT2D eigenvalue weighted by Crippen LogP contribution is -2.06. The monoisotopic (exact) mass is 196 g/mol. The molecule has 0 amide bonds. The third-order valence-electron chi connectivity index (χ3n) is 1.75. The predicted molar refractivity (Wildman–Crippen MR) is 57.6 cm³/mol. The van der Waals surface area contributed by atoms with E-state index in [0.29, 0.717) is 24.6 Å². The fourth-order valence-electron chi connectivity index (χ4n) is 1.13. The Balaban J connectivity index is 2.72. The minimum Gasteiger partial charge on any atom is -0.492 e. The van der Waals surface area contributed by atoms with Gasteiger partial charge in [0.05, 0.1) is 18.9 Å². The third kappa shape index (κ3) is 2.81. The van der Waals surface area contributed by atoms with E-state index in [9.17, 15) is 0 Å². The first-order valence-electron chi connectivity index (χ1n) is 4.65. The Bertz CT molecular complexity index is 289. The number of aliphatic hydroxyl groups is 1. The van der Waals surface area contributed by atoms with Gasteiger partial charge in [0, 0.05) is 18.3 Å². The van der Waals surface area contributed by atoms with Crippen LogP contribution in [0, 0.1) is 0 Å². The first kappa shape index (κ1) is 10.7. The van der Waals surface area contributed by atoms with Crippen LogP contribution in [0.25, 0.3) is 0 Å². The van der Waals surface area contributed by atoms with Crippen molar-refractivity contribution in [2.75, 3.05) is 30.8 Å². The van der Waals surface area contributed by atoms with Crippen molar-refractivity contribution in [3.8, 4) is 5.75 Å². The fourth-order valence-corrected chi connectivity index (χ4v) is 1.13. The van der Waals surface area contributed by atoms with Crippen molar-refractivity contribution < 1.29 is 9.84 Å². The van der Waals surface area contributed by atoms with E-state index < -0.39 is 0 Å². The molecular formula is C10H16N2O2. The van der Waals surface area contributed by atoms with E-state index in [0.717, 1.165) is 5.69 Å². The van der Waals surface area contributed by atoms with Crippen LogP contribution in [0.2, 0.25) is 0 Å². The van der Waals surface area contributed by atoms with Crippen LogP contribution < -0.4 is 15.8 Å². The van der Waals surface area contributed by atoms with Crippen molar-refractivity contribution in [3.05, 3.63) is 18.2 Å². The van der Waals surface area contributed by atoms with Crippen molar-refractivity contribution in [3.63, 3.8) is 0 Å². The van der Waals surface area contributed by atoms with E-state index in [1.54, 1.807) is 6.07 Å². The molecule has 1 rings (SSSR count). The molecule has 0 aliphatic heterocycles. The second kappa shape index (κ2) is 5.34. The normalized spacial score (nSPS) is 9.86. The second-order valence-corrected chi connectivity index (χ2v) is 2.84. The molecule has 4 nitrogen and oxygen atoms in total. The highest BCUT2D eigenvalue weighted by molar-refractivity contribution is 5.61. The number of aliphatic hydroxyl groups excluding tert-OH is 1. The summed E-state index contributed by atoms with van der Waals surface area (Å²) < 4.78 is 5.33. The SMILES string of the molecule is CCOc1cc(NCCO)ccc1N. The van der Waals surface area contributed by atoms with Crippen LogP contribution in [0.3, 0.4) is 0 Å². The second-order valence-electron chi connectivity index (χ2n) is 2.84. The van der Waals surface area contributed by atoms with Crippen molar-refractivity contribution >= 4 is 11.4 Å². The van der Waals surface area contributed by atoms with Crippen LogP contribution in [-0.2, 0) is 0 Å². The van der Waals surface area contributed by atoms with Crippen LogP contribution in [0.1, 0.15) is 6.92 Å². The van der Waals surface area contributed by atoms with Gasteiger partial charge in [0.15, 0.2) is 0 Å². The summed E-state index contributed by atoms with van der Waals surface area (Å²) >= 11 is 0. The Morgan fingerprint density at radius 1 is 1.50 bits per heavy atom. The van der Waals surface area contributed by atoms with E-state index in [2.05, 4.69) is 5.32 Å². The Kier molecular flexibility index (Phi) is 4.07. The van der Waals surface area contributed by atoms with Gasteiger partial charge in [-0.3, -0.25) is 0 Å². The Morgan fingerprint density at radius 3 is 2.93 bits per heavy atom. The van der Waals surface area contributed by atoms with E-state index in [4.69, 9.17) is 15.6 Å². The van der Waals surface area contributed by atoms with Gasteiger partial charge in [0.2, 0.25) is 0 Å². The molecule has 14 heavy (non-hydrogen) atoms. The van der Waals surface area contributed by atoms with Crippen molar-refractivity contribution in [2.24, 2.45) is 0 Å². The average molecular weight is 196 g/mol. The van der Waals surface area contributed by atoms with Gasteiger partial charge in [-0.05, 0) is 19.1 Å². The molecule has 0 heterocycles. The van der Waals surface area contributed by atoms with Gasteiger partial charge >= 0.3 is 0 Å². The lowest BCUT2D eigenvalue weighted by Gasteiger charge is -2.10. The van der Waals surface area contributed by atoms with Crippen LogP contribution in [0.4, 0.5) is 11.4 Å². The first-order valence-corrected chi connectivity index (χ1v) is 4.65. The molecule has 4 heteroatoms. The topological polar surface area (TPSA) is 67.5 Å². The van der Waals surface area contributed by atoms with Crippen molar-refractivity contribution in [2.45, 2.75) is 6.92 Å². The number of benzene rings is 1. The molecular weight excluding hydrogens is 180 g/mol. The smallest absolute Gasteiger partial charge is 0.144 e. The molecule has 0 aromatic heterocycles. The summed E-state index contributed by atoms with van der Waals surface area (Å²) in [5, 5.41) is 11.7. The van der Waals surface area contributed by atoms with Gasteiger partial charge in [-0.15, -0.1) is 0 Å². The number of nitrogen functional groups attached to an aromatic ring is 1. The van der Waals surface area contributed by atoms with Gasteiger partial charge in [-0.2, -0.15) is 0 Å². The number of nitrogens with two attached hydrogens (primary N) is 1. The number of nitrogens with one attached hydrogen (secondary N) is 1. The summed E-state index contributed by atoms with van der Waals surface area (Å²) in [5.74, 6) is 0.676. The van der Waals surface area contributed by atoms with Gasteiger partial charge in [0.25, 0.3) is 0 Å². The number of rotatable bonds is 5. The zero-order chi connectivity index (χ0) is 10.4. The zero-order valence-electron chi connectivity index (χ0n) is 8.29. The van der Waals surface area contributed by atoms with Gasteiger partial charge in [0.1, 0.15) is 5.75 Å². The van der Waals surface area contributed by atoms with E-state index in [-0.39, 0.29) is 6.61 Å². The molecule has 0 radical (unpaired) electrons. The highest BCUT2D eigenvalue weighted by atomic mass is 16.5. The van der Waals surface area contributed by atoms with Gasteiger partial charge < -0.3 is 20.9 Å². The maximum atomic E-state index is 8.64. The van der Waals surface area contributed by atoms with Crippen LogP contribution in [-0.4, -0.2) is 24.9 Å². The van der Waals surface area contributed by atoms with E-state index in [1.807, 2.05) is 19.1 Å². The summed E-state index contributed by atoms with van der Waals surface area (Å²) in [6, 6.07) is 5.46. The van der Waals surface area contributed by atoms with E-state index in [1.165, 1.54) is 0 Å². The standard InChI is InChI=1S/C10H16N2O2/c1-2-14-10-7-8(12-5-6-13)3-4-9(10)11/h3-4,7,12-13H,2,5-6,11H2,1H3.